The molecule has 0 spiro atoms. The van der Waals surface area contributed by atoms with Gasteiger partial charge in [0.15, 0.2) is 10.6 Å². The van der Waals surface area contributed by atoms with Crippen LogP contribution in [0.3, 0.4) is 0 Å². The predicted octanol–water partition coefficient (Wildman–Crippen LogP) is 4.08. The van der Waals surface area contributed by atoms with E-state index in [2.05, 4.69) is 10.3 Å². The van der Waals surface area contributed by atoms with Crippen LogP contribution in [0.25, 0.3) is 10.9 Å². The monoisotopic (exact) mass is 415 g/mol. The molecule has 0 radical (unpaired) electrons. The Labute approximate surface area is 176 Å². The van der Waals surface area contributed by atoms with Gasteiger partial charge in [0, 0.05) is 29.4 Å². The van der Waals surface area contributed by atoms with Crippen LogP contribution in [0.4, 0.5) is 5.69 Å². The van der Waals surface area contributed by atoms with Crippen LogP contribution in [0.5, 0.6) is 0 Å². The lowest BCUT2D eigenvalue weighted by Crippen LogP contribution is -2.19. The Hall–Kier alpha value is -3.84. The van der Waals surface area contributed by atoms with Crippen molar-refractivity contribution in [2.24, 2.45) is 7.05 Å². The van der Waals surface area contributed by atoms with Crippen molar-refractivity contribution >= 4 is 40.5 Å². The number of H-pyrrole nitrogens is 1. The first-order chi connectivity index (χ1) is 14.4. The van der Waals surface area contributed by atoms with Crippen LogP contribution in [0, 0.1) is 4.77 Å². The van der Waals surface area contributed by atoms with E-state index in [4.69, 9.17) is 12.2 Å². The van der Waals surface area contributed by atoms with Crippen LogP contribution in [0.1, 0.15) is 26.3 Å². The third kappa shape index (κ3) is 3.70. The molecule has 4 aromatic rings. The zero-order chi connectivity index (χ0) is 21.3. The van der Waals surface area contributed by atoms with Crippen LogP contribution in [0.15, 0.2) is 77.6 Å². The average molecular weight is 415 g/mol. The van der Waals surface area contributed by atoms with E-state index in [0.29, 0.717) is 33.3 Å². The molecule has 2 N–H and O–H groups in total. The molecule has 6 nitrogen and oxygen atoms in total. The van der Waals surface area contributed by atoms with Crippen molar-refractivity contribution in [2.45, 2.75) is 0 Å². The standard InChI is InChI=1S/C23H17N3O3S/c1-26-22(29)18-11-10-16(13-19(18)25-23(26)30)21(28)24-17-9-5-8-15(12-17)20(27)14-6-3-2-4-7-14/h2-13H,1H3,(H,24,28)(H,25,30). The highest BCUT2D eigenvalue weighted by molar-refractivity contribution is 7.71. The number of nitrogens with one attached hydrogen (secondary N) is 2. The number of amides is 1. The van der Waals surface area contributed by atoms with E-state index in [-0.39, 0.29) is 22.0 Å². The maximum absolute atomic E-state index is 12.7. The minimum Gasteiger partial charge on any atom is -0.332 e. The molecule has 0 saturated heterocycles. The van der Waals surface area contributed by atoms with E-state index in [9.17, 15) is 14.4 Å². The second-order valence-electron chi connectivity index (χ2n) is 6.78. The molecule has 0 saturated carbocycles. The van der Waals surface area contributed by atoms with Gasteiger partial charge in [-0.25, -0.2) is 0 Å². The number of carbonyl (C=O) groups is 2. The molecule has 1 heterocycles. The molecule has 0 aliphatic rings. The van der Waals surface area contributed by atoms with Crippen LogP contribution in [-0.2, 0) is 7.05 Å². The minimum atomic E-state index is -0.360. The summed E-state index contributed by atoms with van der Waals surface area (Å²) in [5.41, 5.74) is 2.18. The summed E-state index contributed by atoms with van der Waals surface area (Å²) < 4.78 is 1.62. The number of fused-ring (bicyclic) bond motifs is 1. The van der Waals surface area contributed by atoms with Gasteiger partial charge in [0.2, 0.25) is 0 Å². The molecule has 1 amide bonds. The van der Waals surface area contributed by atoms with Crippen LogP contribution >= 0.6 is 12.2 Å². The molecule has 0 atom stereocenters. The third-order valence-electron chi connectivity index (χ3n) is 4.78. The number of carbonyl (C=O) groups excluding carboxylic acids is 2. The maximum atomic E-state index is 12.7. The van der Waals surface area contributed by atoms with Gasteiger partial charge < -0.3 is 10.3 Å². The highest BCUT2D eigenvalue weighted by Crippen LogP contribution is 2.17. The molecule has 0 aliphatic heterocycles. The highest BCUT2D eigenvalue weighted by atomic mass is 32.1. The molecule has 1 aromatic heterocycles. The van der Waals surface area contributed by atoms with Crippen LogP contribution in [0.2, 0.25) is 0 Å². The number of aromatic nitrogens is 2. The average Bonchev–Trinajstić information content (AvgIpc) is 2.77. The second kappa shape index (κ2) is 7.88. The van der Waals surface area contributed by atoms with Crippen LogP contribution in [-0.4, -0.2) is 21.2 Å². The predicted molar refractivity (Wildman–Crippen MR) is 119 cm³/mol. The van der Waals surface area contributed by atoms with Crippen molar-refractivity contribution in [3.8, 4) is 0 Å². The molecule has 0 bridgehead atoms. The van der Waals surface area contributed by atoms with Gasteiger partial charge in [-0.3, -0.25) is 19.0 Å². The number of hydrogen-bond acceptors (Lipinski definition) is 4. The Morgan fingerprint density at radius 3 is 2.40 bits per heavy atom. The number of anilines is 1. The van der Waals surface area contributed by atoms with E-state index in [1.807, 2.05) is 6.07 Å². The summed E-state index contributed by atoms with van der Waals surface area (Å²) in [5.74, 6) is -0.484. The van der Waals surface area contributed by atoms with E-state index >= 15 is 0 Å². The van der Waals surface area contributed by atoms with Crippen molar-refractivity contribution in [3.63, 3.8) is 0 Å². The van der Waals surface area contributed by atoms with Gasteiger partial charge in [0.25, 0.3) is 11.5 Å². The van der Waals surface area contributed by atoms with Gasteiger partial charge in [-0.15, -0.1) is 0 Å². The summed E-state index contributed by atoms with van der Waals surface area (Å²) in [6.45, 7) is 0. The van der Waals surface area contributed by atoms with Crippen molar-refractivity contribution in [1.82, 2.24) is 9.55 Å². The molecule has 30 heavy (non-hydrogen) atoms. The van der Waals surface area contributed by atoms with E-state index < -0.39 is 0 Å². The Morgan fingerprint density at radius 2 is 1.63 bits per heavy atom. The van der Waals surface area contributed by atoms with Crippen molar-refractivity contribution in [2.75, 3.05) is 5.32 Å². The molecule has 148 valence electrons. The lowest BCUT2D eigenvalue weighted by Gasteiger charge is -2.09. The number of rotatable bonds is 4. The normalized spacial score (nSPS) is 10.7. The summed E-state index contributed by atoms with van der Waals surface area (Å²) in [4.78, 5) is 40.6. The van der Waals surface area contributed by atoms with Gasteiger partial charge in [0.1, 0.15) is 0 Å². The maximum Gasteiger partial charge on any atom is 0.261 e. The Kier molecular flexibility index (Phi) is 5.12. The number of hydrogen-bond donors (Lipinski definition) is 2. The number of benzene rings is 3. The number of aromatic amines is 1. The third-order valence-corrected chi connectivity index (χ3v) is 5.16. The highest BCUT2D eigenvalue weighted by Gasteiger charge is 2.12. The first kappa shape index (κ1) is 19.5. The van der Waals surface area contributed by atoms with E-state index in [1.165, 1.54) is 4.57 Å². The zero-order valence-electron chi connectivity index (χ0n) is 16.0. The fourth-order valence-corrected chi connectivity index (χ4v) is 3.34. The minimum absolute atomic E-state index is 0.124. The molecule has 0 unspecified atom stereocenters. The molecule has 3 aromatic carbocycles. The van der Waals surface area contributed by atoms with Gasteiger partial charge >= 0.3 is 0 Å². The summed E-state index contributed by atoms with van der Waals surface area (Å²) in [6.07, 6.45) is 0. The zero-order valence-corrected chi connectivity index (χ0v) is 16.8. The SMILES string of the molecule is Cn1c(=S)[nH]c2cc(C(=O)Nc3cccc(C(=O)c4ccccc4)c3)ccc2c1=O. The van der Waals surface area contributed by atoms with Gasteiger partial charge in [-0.05, 0) is 42.5 Å². The van der Waals surface area contributed by atoms with Gasteiger partial charge in [-0.2, -0.15) is 0 Å². The van der Waals surface area contributed by atoms with Crippen molar-refractivity contribution < 1.29 is 9.59 Å². The van der Waals surface area contributed by atoms with E-state index in [1.54, 1.807) is 73.8 Å². The quantitative estimate of drug-likeness (QED) is 0.389. The molecule has 0 fully saturated rings. The molecular formula is C23H17N3O3S. The molecule has 7 heteroatoms. The van der Waals surface area contributed by atoms with E-state index in [0.717, 1.165) is 0 Å². The second-order valence-corrected chi connectivity index (χ2v) is 7.17. The smallest absolute Gasteiger partial charge is 0.261 e. The number of nitrogens with zero attached hydrogens (tertiary/aromatic N) is 1. The van der Waals surface area contributed by atoms with Gasteiger partial charge in [0.05, 0.1) is 10.9 Å². The largest absolute Gasteiger partial charge is 0.332 e. The summed E-state index contributed by atoms with van der Waals surface area (Å²) in [6, 6.07) is 20.5. The Balaban J connectivity index is 1.61. The fourth-order valence-electron chi connectivity index (χ4n) is 3.15. The lowest BCUT2D eigenvalue weighted by atomic mass is 10.0. The molecule has 0 aliphatic carbocycles. The summed E-state index contributed by atoms with van der Waals surface area (Å²) in [5, 5.41) is 3.24. The summed E-state index contributed by atoms with van der Waals surface area (Å²) in [7, 11) is 1.59. The van der Waals surface area contributed by atoms with Gasteiger partial charge in [-0.1, -0.05) is 42.5 Å². The first-order valence-corrected chi connectivity index (χ1v) is 9.59. The summed E-state index contributed by atoms with van der Waals surface area (Å²) >= 11 is 5.14. The molecule has 4 rings (SSSR count). The fraction of sp³-hybridized carbons (Fsp3) is 0.0435. The lowest BCUT2D eigenvalue weighted by molar-refractivity contribution is 0.102. The van der Waals surface area contributed by atoms with Crippen molar-refractivity contribution in [1.29, 1.82) is 0 Å². The topological polar surface area (TPSA) is 84.0 Å². The Bertz CT molecular complexity index is 1400. The Morgan fingerprint density at radius 1 is 0.900 bits per heavy atom. The van der Waals surface area contributed by atoms with Crippen molar-refractivity contribution in [3.05, 3.63) is 105 Å². The van der Waals surface area contributed by atoms with Crippen LogP contribution < -0.4 is 10.9 Å². The molecular weight excluding hydrogens is 398 g/mol. The number of ketones is 1. The first-order valence-electron chi connectivity index (χ1n) is 9.18.